The number of hydrazine groups is 1. The monoisotopic (exact) mass is 365 g/mol. The smallest absolute Gasteiger partial charge is 0.279 e. The number of amides is 1. The summed E-state index contributed by atoms with van der Waals surface area (Å²) in [4.78, 5) is 21.8. The lowest BCUT2D eigenvalue weighted by atomic mass is 10.2. The summed E-state index contributed by atoms with van der Waals surface area (Å²) in [5.74, 6) is -0.458. The van der Waals surface area contributed by atoms with Crippen molar-refractivity contribution in [2.24, 2.45) is 0 Å². The molecular weight excluding hydrogens is 349 g/mol. The molecular formula is C16H16FN3O2S2. The van der Waals surface area contributed by atoms with E-state index < -0.39 is 0 Å². The van der Waals surface area contributed by atoms with Gasteiger partial charge in [0.15, 0.2) is 5.11 Å². The van der Waals surface area contributed by atoms with Gasteiger partial charge in [-0.05, 0) is 47.4 Å². The van der Waals surface area contributed by atoms with E-state index in [4.69, 9.17) is 12.2 Å². The average Bonchev–Trinajstić information content (AvgIpc) is 3.14. The zero-order valence-electron chi connectivity index (χ0n) is 12.8. The van der Waals surface area contributed by atoms with Crippen molar-refractivity contribution in [1.29, 1.82) is 0 Å². The molecule has 2 aromatic rings. The normalized spacial score (nSPS) is 9.58. The molecule has 0 aliphatic heterocycles. The third kappa shape index (κ3) is 7.61. The van der Waals surface area contributed by atoms with E-state index in [2.05, 4.69) is 16.2 Å². The number of aldehydes is 1. The molecule has 1 heterocycles. The Labute approximate surface area is 148 Å². The maximum Gasteiger partial charge on any atom is 0.279 e. The summed E-state index contributed by atoms with van der Waals surface area (Å²) in [6.45, 7) is 0. The van der Waals surface area contributed by atoms with Crippen LogP contribution in [0.4, 0.5) is 4.39 Å². The largest absolute Gasteiger partial charge is 0.364 e. The first-order valence-corrected chi connectivity index (χ1v) is 8.04. The van der Waals surface area contributed by atoms with Gasteiger partial charge in [-0.3, -0.25) is 20.4 Å². The predicted molar refractivity (Wildman–Crippen MR) is 98.1 cm³/mol. The topological polar surface area (TPSA) is 70.2 Å². The highest BCUT2D eigenvalue weighted by atomic mass is 32.1. The van der Waals surface area contributed by atoms with Crippen LogP contribution in [-0.2, 0) is 4.79 Å². The van der Waals surface area contributed by atoms with Crippen LogP contribution in [0.1, 0.15) is 15.2 Å². The van der Waals surface area contributed by atoms with E-state index in [1.54, 1.807) is 31.3 Å². The molecule has 5 nitrogen and oxygen atoms in total. The number of halogens is 1. The number of thiocarbonyl (C=S) groups is 1. The molecule has 0 saturated carbocycles. The summed E-state index contributed by atoms with van der Waals surface area (Å²) >= 11 is 6.14. The van der Waals surface area contributed by atoms with Gasteiger partial charge in [0.1, 0.15) is 12.1 Å². The highest BCUT2D eigenvalue weighted by molar-refractivity contribution is 7.80. The Kier molecular flexibility index (Phi) is 8.95. The molecule has 0 bridgehead atoms. The maximum absolute atomic E-state index is 12.3. The first-order valence-electron chi connectivity index (χ1n) is 6.75. The van der Waals surface area contributed by atoms with Gasteiger partial charge in [-0.25, -0.2) is 4.39 Å². The Bertz CT molecular complexity index is 686. The number of thiophene rings is 1. The maximum atomic E-state index is 12.3. The molecule has 3 N–H and O–H groups in total. The van der Waals surface area contributed by atoms with Gasteiger partial charge in [-0.2, -0.15) is 0 Å². The van der Waals surface area contributed by atoms with Crippen LogP contribution in [0.2, 0.25) is 0 Å². The van der Waals surface area contributed by atoms with Crippen LogP contribution in [0.5, 0.6) is 0 Å². The van der Waals surface area contributed by atoms with Gasteiger partial charge < -0.3 is 5.32 Å². The van der Waals surface area contributed by atoms with Gasteiger partial charge in [0.25, 0.3) is 5.91 Å². The van der Waals surface area contributed by atoms with Crippen molar-refractivity contribution in [3.05, 3.63) is 64.1 Å². The SMILES string of the molecule is CNC(=S)NNC(=O)c1cccs1.O=C/C=C/c1ccc(F)cc1. The zero-order chi connectivity index (χ0) is 17.8. The lowest BCUT2D eigenvalue weighted by molar-refractivity contribution is -0.104. The third-order valence-electron chi connectivity index (χ3n) is 2.50. The first kappa shape index (κ1) is 19.5. The van der Waals surface area contributed by atoms with Gasteiger partial charge in [0, 0.05) is 7.05 Å². The summed E-state index contributed by atoms with van der Waals surface area (Å²) < 4.78 is 12.3. The van der Waals surface area contributed by atoms with Crippen molar-refractivity contribution in [2.75, 3.05) is 7.05 Å². The molecule has 24 heavy (non-hydrogen) atoms. The lowest BCUT2D eigenvalue weighted by Gasteiger charge is -2.06. The van der Waals surface area contributed by atoms with E-state index in [0.29, 0.717) is 16.3 Å². The number of allylic oxidation sites excluding steroid dienone is 1. The molecule has 126 valence electrons. The zero-order valence-corrected chi connectivity index (χ0v) is 14.4. The fourth-order valence-electron chi connectivity index (χ4n) is 1.37. The quantitative estimate of drug-likeness (QED) is 0.337. The van der Waals surface area contributed by atoms with Crippen molar-refractivity contribution in [3.8, 4) is 0 Å². The van der Waals surface area contributed by atoms with Crippen molar-refractivity contribution in [3.63, 3.8) is 0 Å². The Morgan fingerprint density at radius 3 is 2.46 bits per heavy atom. The molecule has 1 aromatic heterocycles. The lowest BCUT2D eigenvalue weighted by Crippen LogP contribution is -2.45. The number of hydrogen-bond donors (Lipinski definition) is 3. The minimum Gasteiger partial charge on any atom is -0.364 e. The molecule has 0 aliphatic rings. The number of nitrogens with one attached hydrogen (secondary N) is 3. The number of benzene rings is 1. The van der Waals surface area contributed by atoms with Gasteiger partial charge in [-0.15, -0.1) is 11.3 Å². The van der Waals surface area contributed by atoms with Crippen LogP contribution in [0.15, 0.2) is 47.9 Å². The summed E-state index contributed by atoms with van der Waals surface area (Å²) in [6.07, 6.45) is 3.67. The van der Waals surface area contributed by atoms with Crippen molar-refractivity contribution in [1.82, 2.24) is 16.2 Å². The van der Waals surface area contributed by atoms with Crippen LogP contribution in [0.3, 0.4) is 0 Å². The van der Waals surface area contributed by atoms with Gasteiger partial charge in [0.2, 0.25) is 0 Å². The average molecular weight is 365 g/mol. The van der Waals surface area contributed by atoms with Crippen molar-refractivity contribution in [2.45, 2.75) is 0 Å². The molecule has 0 unspecified atom stereocenters. The van der Waals surface area contributed by atoms with Gasteiger partial charge >= 0.3 is 0 Å². The van der Waals surface area contributed by atoms with E-state index in [1.807, 2.05) is 11.4 Å². The Morgan fingerprint density at radius 2 is 1.92 bits per heavy atom. The minimum atomic E-state index is -0.270. The highest BCUT2D eigenvalue weighted by Gasteiger charge is 2.04. The molecule has 0 aliphatic carbocycles. The summed E-state index contributed by atoms with van der Waals surface area (Å²) in [5, 5.41) is 4.89. The molecule has 0 saturated heterocycles. The van der Waals surface area contributed by atoms with Crippen LogP contribution >= 0.6 is 23.6 Å². The molecule has 0 fully saturated rings. The number of rotatable bonds is 3. The van der Waals surface area contributed by atoms with Crippen LogP contribution < -0.4 is 16.2 Å². The Balaban J connectivity index is 0.000000243. The molecule has 1 aromatic carbocycles. The summed E-state index contributed by atoms with van der Waals surface area (Å²) in [7, 11) is 1.67. The standard InChI is InChI=1S/C9H7FO.C7H9N3OS2/c10-9-5-3-8(4-6-9)2-1-7-11;1-8-7(12)10-9-6(11)5-3-2-4-13-5/h1-7H;2-4H,1H3,(H,9,11)(H2,8,10,12)/b2-1+;. The summed E-state index contributed by atoms with van der Waals surface area (Å²) in [6, 6.07) is 9.47. The third-order valence-corrected chi connectivity index (χ3v) is 3.67. The number of carbonyl (C=O) groups excluding carboxylic acids is 2. The molecule has 0 spiro atoms. The molecule has 0 atom stereocenters. The molecule has 2 rings (SSSR count). The van der Waals surface area contributed by atoms with Crippen LogP contribution in [-0.4, -0.2) is 24.4 Å². The van der Waals surface area contributed by atoms with Crippen LogP contribution in [0, 0.1) is 5.82 Å². The Morgan fingerprint density at radius 1 is 1.21 bits per heavy atom. The van der Waals surface area contributed by atoms with E-state index in [9.17, 15) is 14.0 Å². The van der Waals surface area contributed by atoms with Crippen LogP contribution in [0.25, 0.3) is 6.08 Å². The van der Waals surface area contributed by atoms with Crippen molar-refractivity contribution < 1.29 is 14.0 Å². The number of carbonyl (C=O) groups is 2. The second kappa shape index (κ2) is 11.0. The molecule has 1 amide bonds. The van der Waals surface area contributed by atoms with E-state index >= 15 is 0 Å². The number of hydrogen-bond acceptors (Lipinski definition) is 4. The second-order valence-electron chi connectivity index (χ2n) is 4.18. The second-order valence-corrected chi connectivity index (χ2v) is 5.54. The predicted octanol–water partition coefficient (Wildman–Crippen LogP) is 2.52. The highest BCUT2D eigenvalue weighted by Crippen LogP contribution is 2.06. The van der Waals surface area contributed by atoms with Gasteiger partial charge in [-0.1, -0.05) is 24.3 Å². The van der Waals surface area contributed by atoms with E-state index in [0.717, 1.165) is 5.56 Å². The van der Waals surface area contributed by atoms with Crippen molar-refractivity contribution >= 4 is 46.9 Å². The van der Waals surface area contributed by atoms with Gasteiger partial charge in [0.05, 0.1) is 4.88 Å². The fraction of sp³-hybridized carbons (Fsp3) is 0.0625. The Hall–Kier alpha value is -2.58. The first-order chi connectivity index (χ1) is 11.6. The molecule has 8 heteroatoms. The molecule has 0 radical (unpaired) electrons. The van der Waals surface area contributed by atoms with E-state index in [1.165, 1.54) is 29.5 Å². The van der Waals surface area contributed by atoms with E-state index in [-0.39, 0.29) is 11.7 Å². The fourth-order valence-corrected chi connectivity index (χ4v) is 2.04. The minimum absolute atomic E-state index is 0.187. The summed E-state index contributed by atoms with van der Waals surface area (Å²) in [5.41, 5.74) is 5.82.